The van der Waals surface area contributed by atoms with Crippen LogP contribution >= 0.6 is 11.3 Å². The third-order valence-electron chi connectivity index (χ3n) is 4.73. The molecule has 0 unspecified atom stereocenters. The Morgan fingerprint density at radius 2 is 2.33 bits per heavy atom. The molecule has 3 aromatic heterocycles. The zero-order valence-corrected chi connectivity index (χ0v) is 15.8. The summed E-state index contributed by atoms with van der Waals surface area (Å²) in [7, 11) is 0. The Labute approximate surface area is 161 Å². The van der Waals surface area contributed by atoms with Crippen LogP contribution in [-0.4, -0.2) is 56.4 Å². The van der Waals surface area contributed by atoms with E-state index in [9.17, 15) is 4.79 Å². The second-order valence-electron chi connectivity index (χ2n) is 6.71. The van der Waals surface area contributed by atoms with Gasteiger partial charge in [-0.05, 0) is 47.2 Å². The molecule has 0 spiro atoms. The number of hydrogen-bond donors (Lipinski definition) is 1. The second-order valence-corrected chi connectivity index (χ2v) is 7.49. The Hall–Kier alpha value is -2.29. The third-order valence-corrected chi connectivity index (χ3v) is 5.46. The molecule has 27 heavy (non-hydrogen) atoms. The van der Waals surface area contributed by atoms with Gasteiger partial charge in [-0.2, -0.15) is 16.4 Å². The van der Waals surface area contributed by atoms with Gasteiger partial charge in [0.2, 0.25) is 0 Å². The summed E-state index contributed by atoms with van der Waals surface area (Å²) in [5, 5.41) is 17.5. The first-order valence-electron chi connectivity index (χ1n) is 9.09. The highest BCUT2D eigenvalue weighted by Crippen LogP contribution is 2.20. The minimum atomic E-state index is -0.0888. The monoisotopic (exact) mass is 386 g/mol. The number of amides is 1. The van der Waals surface area contributed by atoms with Crippen molar-refractivity contribution in [2.24, 2.45) is 0 Å². The van der Waals surface area contributed by atoms with Crippen LogP contribution in [0.4, 0.5) is 0 Å². The number of fused-ring (bicyclic) bond motifs is 1. The van der Waals surface area contributed by atoms with Gasteiger partial charge in [0.25, 0.3) is 5.91 Å². The molecule has 1 aliphatic heterocycles. The predicted molar refractivity (Wildman–Crippen MR) is 102 cm³/mol. The van der Waals surface area contributed by atoms with Crippen molar-refractivity contribution in [3.05, 3.63) is 52.1 Å². The topological polar surface area (TPSA) is 80.0 Å². The third kappa shape index (κ3) is 4.02. The van der Waals surface area contributed by atoms with Crippen LogP contribution in [0.2, 0.25) is 0 Å². The Balaban J connectivity index is 1.60. The number of ether oxygens (including phenoxy) is 1. The standard InChI is InChI=1S/C19H22N4O3S/c24-5-3-14-8-20-18-17(9-21-23(18)11-14)19(25)22(10-15-4-7-27-13-15)12-16-2-1-6-26-16/h4,7-9,11,13,16,24H,1-3,5-6,10,12H2/t16-/m0/s1. The first-order chi connectivity index (χ1) is 13.2. The molecule has 0 aliphatic carbocycles. The molecule has 1 atom stereocenters. The fourth-order valence-corrected chi connectivity index (χ4v) is 4.01. The highest BCUT2D eigenvalue weighted by molar-refractivity contribution is 7.07. The maximum absolute atomic E-state index is 13.3. The highest BCUT2D eigenvalue weighted by atomic mass is 32.1. The molecule has 0 saturated carbocycles. The van der Waals surface area contributed by atoms with Crippen LogP contribution in [-0.2, 0) is 17.7 Å². The SMILES string of the molecule is O=C(c1cnn2cc(CCO)cnc12)N(Cc1ccsc1)C[C@@H]1CCCO1. The summed E-state index contributed by atoms with van der Waals surface area (Å²) in [6.45, 7) is 1.92. The quantitative estimate of drug-likeness (QED) is 0.673. The molecule has 4 rings (SSSR count). The molecule has 142 valence electrons. The molecule has 8 heteroatoms. The zero-order chi connectivity index (χ0) is 18.6. The van der Waals surface area contributed by atoms with E-state index in [2.05, 4.69) is 15.5 Å². The summed E-state index contributed by atoms with van der Waals surface area (Å²) in [6, 6.07) is 2.04. The van der Waals surface area contributed by atoms with Crippen molar-refractivity contribution in [3.63, 3.8) is 0 Å². The van der Waals surface area contributed by atoms with E-state index < -0.39 is 0 Å². The van der Waals surface area contributed by atoms with Gasteiger partial charge in [0.15, 0.2) is 5.65 Å². The first-order valence-corrected chi connectivity index (χ1v) is 10.0. The van der Waals surface area contributed by atoms with Gasteiger partial charge in [0.1, 0.15) is 5.56 Å². The molecule has 3 aromatic rings. The Kier molecular flexibility index (Phi) is 5.47. The number of aliphatic hydroxyl groups is 1. The number of hydrogen-bond acceptors (Lipinski definition) is 6. The predicted octanol–water partition coefficient (Wildman–Crippen LogP) is 2.15. The molecule has 0 radical (unpaired) electrons. The van der Waals surface area contributed by atoms with Crippen LogP contribution < -0.4 is 0 Å². The smallest absolute Gasteiger partial charge is 0.259 e. The fourth-order valence-electron chi connectivity index (χ4n) is 3.35. The minimum Gasteiger partial charge on any atom is -0.396 e. The van der Waals surface area contributed by atoms with Gasteiger partial charge in [-0.1, -0.05) is 0 Å². The van der Waals surface area contributed by atoms with Crippen molar-refractivity contribution in [3.8, 4) is 0 Å². The molecular formula is C19H22N4O3S. The van der Waals surface area contributed by atoms with Gasteiger partial charge in [-0.15, -0.1) is 0 Å². The Bertz CT molecular complexity index is 903. The summed E-state index contributed by atoms with van der Waals surface area (Å²) in [6.07, 6.45) is 7.67. The highest BCUT2D eigenvalue weighted by Gasteiger charge is 2.26. The number of aromatic nitrogens is 3. The van der Waals surface area contributed by atoms with Crippen molar-refractivity contribution < 1.29 is 14.6 Å². The molecule has 1 aliphatic rings. The molecule has 0 bridgehead atoms. The van der Waals surface area contributed by atoms with E-state index in [0.29, 0.717) is 30.7 Å². The Morgan fingerprint density at radius 3 is 3.07 bits per heavy atom. The van der Waals surface area contributed by atoms with E-state index in [1.807, 2.05) is 16.3 Å². The Morgan fingerprint density at radius 1 is 1.41 bits per heavy atom. The average molecular weight is 386 g/mol. The fraction of sp³-hybridized carbons (Fsp3) is 0.421. The number of aliphatic hydroxyl groups excluding tert-OH is 1. The van der Waals surface area contributed by atoms with E-state index in [1.165, 1.54) is 0 Å². The van der Waals surface area contributed by atoms with E-state index in [0.717, 1.165) is 30.6 Å². The maximum Gasteiger partial charge on any atom is 0.259 e. The number of rotatable bonds is 7. The number of carbonyl (C=O) groups excluding carboxylic acids is 1. The van der Waals surface area contributed by atoms with Crippen molar-refractivity contribution in [1.82, 2.24) is 19.5 Å². The van der Waals surface area contributed by atoms with Gasteiger partial charge in [0.05, 0.1) is 12.3 Å². The van der Waals surface area contributed by atoms with Gasteiger partial charge in [-0.3, -0.25) is 4.79 Å². The van der Waals surface area contributed by atoms with Gasteiger partial charge in [-0.25, -0.2) is 9.50 Å². The lowest BCUT2D eigenvalue weighted by Crippen LogP contribution is -2.36. The van der Waals surface area contributed by atoms with E-state index >= 15 is 0 Å². The van der Waals surface area contributed by atoms with Crippen molar-refractivity contribution in [1.29, 1.82) is 0 Å². The van der Waals surface area contributed by atoms with Crippen molar-refractivity contribution in [2.45, 2.75) is 31.9 Å². The summed E-state index contributed by atoms with van der Waals surface area (Å²) in [5.41, 5.74) is 3.01. The molecule has 0 aromatic carbocycles. The van der Waals surface area contributed by atoms with E-state index in [-0.39, 0.29) is 18.6 Å². The molecule has 1 amide bonds. The lowest BCUT2D eigenvalue weighted by molar-refractivity contribution is 0.0509. The maximum atomic E-state index is 13.3. The molecular weight excluding hydrogens is 364 g/mol. The van der Waals surface area contributed by atoms with Gasteiger partial charge in [0, 0.05) is 38.7 Å². The minimum absolute atomic E-state index is 0.0516. The van der Waals surface area contributed by atoms with Gasteiger partial charge >= 0.3 is 0 Å². The summed E-state index contributed by atoms with van der Waals surface area (Å²) < 4.78 is 7.35. The average Bonchev–Trinajstić information content (AvgIpc) is 3.43. The second kappa shape index (κ2) is 8.16. The summed E-state index contributed by atoms with van der Waals surface area (Å²) >= 11 is 1.62. The molecule has 1 N–H and O–H groups in total. The molecule has 4 heterocycles. The molecule has 1 fully saturated rings. The van der Waals surface area contributed by atoms with E-state index in [4.69, 9.17) is 9.84 Å². The molecule has 1 saturated heterocycles. The molecule has 7 nitrogen and oxygen atoms in total. The normalized spacial score (nSPS) is 16.9. The zero-order valence-electron chi connectivity index (χ0n) is 15.0. The van der Waals surface area contributed by atoms with Crippen LogP contribution in [0, 0.1) is 0 Å². The van der Waals surface area contributed by atoms with Crippen LogP contribution in [0.5, 0.6) is 0 Å². The number of thiophene rings is 1. The largest absolute Gasteiger partial charge is 0.396 e. The van der Waals surface area contributed by atoms with Crippen molar-refractivity contribution in [2.75, 3.05) is 19.8 Å². The van der Waals surface area contributed by atoms with Crippen LogP contribution in [0.1, 0.15) is 34.3 Å². The lowest BCUT2D eigenvalue weighted by atomic mass is 10.2. The lowest BCUT2D eigenvalue weighted by Gasteiger charge is -2.25. The first kappa shape index (κ1) is 18.1. The van der Waals surface area contributed by atoms with Gasteiger partial charge < -0.3 is 14.7 Å². The number of carbonyl (C=O) groups is 1. The summed E-state index contributed by atoms with van der Waals surface area (Å²) in [4.78, 5) is 19.5. The van der Waals surface area contributed by atoms with Crippen LogP contribution in [0.25, 0.3) is 5.65 Å². The van der Waals surface area contributed by atoms with E-state index in [1.54, 1.807) is 34.4 Å². The van der Waals surface area contributed by atoms with Crippen LogP contribution in [0.3, 0.4) is 0 Å². The number of nitrogens with zero attached hydrogens (tertiary/aromatic N) is 4. The van der Waals surface area contributed by atoms with Crippen molar-refractivity contribution >= 4 is 22.9 Å². The van der Waals surface area contributed by atoms with Crippen LogP contribution in [0.15, 0.2) is 35.4 Å². The summed E-state index contributed by atoms with van der Waals surface area (Å²) in [5.74, 6) is -0.0888.